The van der Waals surface area contributed by atoms with Gasteiger partial charge in [0.15, 0.2) is 17.3 Å². The number of aromatic nitrogens is 1. The molecule has 0 saturated carbocycles. The number of nitrogens with zero attached hydrogens (tertiary/aromatic N) is 1. The maximum atomic E-state index is 9.90. The van der Waals surface area contributed by atoms with Crippen molar-refractivity contribution in [2.24, 2.45) is 0 Å². The molecule has 1 aromatic heterocycles. The molecule has 84 valence electrons. The van der Waals surface area contributed by atoms with Crippen molar-refractivity contribution in [1.29, 1.82) is 0 Å². The first-order valence-corrected chi connectivity index (χ1v) is 5.19. The summed E-state index contributed by atoms with van der Waals surface area (Å²) in [5.74, 6) is 0.718. The number of nitrogen functional groups attached to an aromatic ring is 1. The van der Waals surface area contributed by atoms with E-state index in [1.165, 1.54) is 13.3 Å². The van der Waals surface area contributed by atoms with E-state index in [4.69, 9.17) is 14.9 Å². The first-order valence-electron chi connectivity index (χ1n) is 4.40. The van der Waals surface area contributed by atoms with Crippen LogP contribution in [0.2, 0.25) is 0 Å². The van der Waals surface area contributed by atoms with Crippen molar-refractivity contribution in [3.8, 4) is 22.8 Å². The van der Waals surface area contributed by atoms with Crippen molar-refractivity contribution < 1.29 is 14.3 Å². The standard InChI is InChI=1S/C10H9BrN2O3/c1-15-7-3-5(11)2-6(9(7)14)8-4-13-10(12)16-8/h2-4,14H,1H3,(H2,12,13). The number of rotatable bonds is 2. The summed E-state index contributed by atoms with van der Waals surface area (Å²) in [6.07, 6.45) is 1.44. The maximum absolute atomic E-state index is 9.90. The molecule has 2 rings (SSSR count). The summed E-state index contributed by atoms with van der Waals surface area (Å²) in [5, 5.41) is 9.90. The summed E-state index contributed by atoms with van der Waals surface area (Å²) in [6, 6.07) is 3.39. The Morgan fingerprint density at radius 1 is 1.50 bits per heavy atom. The number of phenols is 1. The van der Waals surface area contributed by atoms with E-state index in [1.807, 2.05) is 0 Å². The number of ether oxygens (including phenoxy) is 1. The summed E-state index contributed by atoms with van der Waals surface area (Å²) >= 11 is 3.31. The van der Waals surface area contributed by atoms with Gasteiger partial charge >= 0.3 is 0 Å². The van der Waals surface area contributed by atoms with Crippen molar-refractivity contribution in [2.75, 3.05) is 12.8 Å². The summed E-state index contributed by atoms with van der Waals surface area (Å²) in [5.41, 5.74) is 5.84. The summed E-state index contributed by atoms with van der Waals surface area (Å²) < 4.78 is 10.9. The lowest BCUT2D eigenvalue weighted by molar-refractivity contribution is 0.373. The molecule has 1 aromatic carbocycles. The molecule has 16 heavy (non-hydrogen) atoms. The van der Waals surface area contributed by atoms with E-state index in [0.717, 1.165) is 4.47 Å². The van der Waals surface area contributed by atoms with Gasteiger partial charge in [0.1, 0.15) is 0 Å². The van der Waals surface area contributed by atoms with Gasteiger partial charge in [0.05, 0.1) is 18.9 Å². The third-order valence-corrected chi connectivity index (χ3v) is 2.51. The molecule has 0 unspecified atom stereocenters. The molecule has 0 spiro atoms. The van der Waals surface area contributed by atoms with Crippen molar-refractivity contribution in [3.63, 3.8) is 0 Å². The molecule has 1 heterocycles. The number of hydrogen-bond donors (Lipinski definition) is 2. The molecule has 0 aliphatic carbocycles. The fraction of sp³-hybridized carbons (Fsp3) is 0.100. The Bertz CT molecular complexity index is 525. The van der Waals surface area contributed by atoms with Gasteiger partial charge in [-0.15, -0.1) is 0 Å². The van der Waals surface area contributed by atoms with Crippen LogP contribution in [-0.4, -0.2) is 17.2 Å². The Kier molecular flexibility index (Phi) is 2.74. The Balaban J connectivity index is 2.60. The van der Waals surface area contributed by atoms with Gasteiger partial charge in [-0.2, -0.15) is 0 Å². The van der Waals surface area contributed by atoms with Crippen LogP contribution >= 0.6 is 15.9 Å². The molecule has 2 aromatic rings. The van der Waals surface area contributed by atoms with E-state index in [1.54, 1.807) is 12.1 Å². The molecule has 0 aliphatic heterocycles. The molecular weight excluding hydrogens is 276 g/mol. The second-order valence-electron chi connectivity index (χ2n) is 3.07. The summed E-state index contributed by atoms with van der Waals surface area (Å²) in [4.78, 5) is 3.76. The SMILES string of the molecule is COc1cc(Br)cc(-c2cnc(N)o2)c1O. The van der Waals surface area contributed by atoms with Crippen LogP contribution in [0.5, 0.6) is 11.5 Å². The number of phenolic OH excluding ortho intramolecular Hbond substituents is 1. The molecule has 0 radical (unpaired) electrons. The quantitative estimate of drug-likeness (QED) is 0.885. The largest absolute Gasteiger partial charge is 0.504 e. The van der Waals surface area contributed by atoms with Crippen LogP contribution in [0.15, 0.2) is 27.2 Å². The Morgan fingerprint density at radius 3 is 2.81 bits per heavy atom. The number of hydrogen-bond acceptors (Lipinski definition) is 5. The molecule has 0 atom stereocenters. The zero-order valence-electron chi connectivity index (χ0n) is 8.40. The van der Waals surface area contributed by atoms with Crippen molar-refractivity contribution >= 4 is 21.9 Å². The van der Waals surface area contributed by atoms with E-state index < -0.39 is 0 Å². The molecule has 0 amide bonds. The van der Waals surface area contributed by atoms with Gasteiger partial charge in [-0.05, 0) is 12.1 Å². The average molecular weight is 285 g/mol. The third kappa shape index (κ3) is 1.83. The van der Waals surface area contributed by atoms with Crippen molar-refractivity contribution in [3.05, 3.63) is 22.8 Å². The lowest BCUT2D eigenvalue weighted by Crippen LogP contribution is -1.86. The monoisotopic (exact) mass is 284 g/mol. The Labute approximate surface area is 100.0 Å². The maximum Gasteiger partial charge on any atom is 0.292 e. The first-order chi connectivity index (χ1) is 7.61. The number of halogens is 1. The molecular formula is C10H9BrN2O3. The third-order valence-electron chi connectivity index (χ3n) is 2.05. The fourth-order valence-electron chi connectivity index (χ4n) is 1.33. The van der Waals surface area contributed by atoms with Crippen molar-refractivity contribution in [2.45, 2.75) is 0 Å². The highest BCUT2D eigenvalue weighted by atomic mass is 79.9. The zero-order valence-corrected chi connectivity index (χ0v) is 9.98. The minimum absolute atomic E-state index is 0.0122. The molecule has 0 saturated heterocycles. The average Bonchev–Trinajstić information content (AvgIpc) is 2.67. The van der Waals surface area contributed by atoms with Crippen LogP contribution in [0, 0.1) is 0 Å². The van der Waals surface area contributed by atoms with Crippen LogP contribution in [-0.2, 0) is 0 Å². The minimum atomic E-state index is -0.0122. The van der Waals surface area contributed by atoms with Gasteiger partial charge in [0.2, 0.25) is 0 Å². The van der Waals surface area contributed by atoms with E-state index in [-0.39, 0.29) is 11.8 Å². The van der Waals surface area contributed by atoms with Crippen LogP contribution in [0.25, 0.3) is 11.3 Å². The van der Waals surface area contributed by atoms with Crippen LogP contribution in [0.4, 0.5) is 6.01 Å². The summed E-state index contributed by atoms with van der Waals surface area (Å²) in [7, 11) is 1.47. The van der Waals surface area contributed by atoms with Crippen molar-refractivity contribution in [1.82, 2.24) is 4.98 Å². The summed E-state index contributed by atoms with van der Waals surface area (Å²) in [6.45, 7) is 0. The van der Waals surface area contributed by atoms with Gasteiger partial charge < -0.3 is 20.0 Å². The molecule has 5 nitrogen and oxygen atoms in total. The Hall–Kier alpha value is -1.69. The number of benzene rings is 1. The lowest BCUT2D eigenvalue weighted by Gasteiger charge is -2.07. The molecule has 3 N–H and O–H groups in total. The van der Waals surface area contributed by atoms with E-state index >= 15 is 0 Å². The normalized spacial score (nSPS) is 10.4. The second-order valence-corrected chi connectivity index (χ2v) is 3.98. The Morgan fingerprint density at radius 2 is 2.25 bits per heavy atom. The second kappa shape index (κ2) is 4.05. The highest BCUT2D eigenvalue weighted by Gasteiger charge is 2.14. The van der Waals surface area contributed by atoms with Crippen LogP contribution in [0.3, 0.4) is 0 Å². The molecule has 0 aliphatic rings. The van der Waals surface area contributed by atoms with E-state index in [9.17, 15) is 5.11 Å². The highest BCUT2D eigenvalue weighted by molar-refractivity contribution is 9.10. The van der Waals surface area contributed by atoms with Gasteiger partial charge in [-0.25, -0.2) is 4.98 Å². The minimum Gasteiger partial charge on any atom is -0.504 e. The lowest BCUT2D eigenvalue weighted by atomic mass is 10.1. The molecule has 6 heteroatoms. The van der Waals surface area contributed by atoms with Crippen LogP contribution in [0.1, 0.15) is 0 Å². The predicted octanol–water partition coefficient (Wildman–Crippen LogP) is 2.40. The van der Waals surface area contributed by atoms with Gasteiger partial charge in [0.25, 0.3) is 6.01 Å². The first kappa shape index (κ1) is 10.8. The van der Waals surface area contributed by atoms with Gasteiger partial charge in [-0.1, -0.05) is 15.9 Å². The zero-order chi connectivity index (χ0) is 11.7. The number of anilines is 1. The number of nitrogens with two attached hydrogens (primary N) is 1. The highest BCUT2D eigenvalue weighted by Crippen LogP contribution is 2.40. The van der Waals surface area contributed by atoms with E-state index in [0.29, 0.717) is 17.1 Å². The molecule has 0 fully saturated rings. The number of oxazole rings is 1. The van der Waals surface area contributed by atoms with Gasteiger partial charge in [0, 0.05) is 4.47 Å². The topological polar surface area (TPSA) is 81.5 Å². The van der Waals surface area contributed by atoms with Crippen LogP contribution < -0.4 is 10.5 Å². The van der Waals surface area contributed by atoms with E-state index in [2.05, 4.69) is 20.9 Å². The number of aromatic hydroxyl groups is 1. The van der Waals surface area contributed by atoms with Gasteiger partial charge in [-0.3, -0.25) is 0 Å². The fourth-order valence-corrected chi connectivity index (χ4v) is 1.77. The molecule has 0 bridgehead atoms. The number of methoxy groups -OCH3 is 1. The smallest absolute Gasteiger partial charge is 0.292 e. The predicted molar refractivity (Wildman–Crippen MR) is 62.3 cm³/mol.